The van der Waals surface area contributed by atoms with Crippen LogP contribution in [0.1, 0.15) is 15.9 Å². The summed E-state index contributed by atoms with van der Waals surface area (Å²) in [6.07, 6.45) is 5.40. The van der Waals surface area contributed by atoms with Crippen LogP contribution in [-0.2, 0) is 17.1 Å². The predicted octanol–water partition coefficient (Wildman–Crippen LogP) is 2.77. The average molecular weight is 461 g/mol. The van der Waals surface area contributed by atoms with Crippen molar-refractivity contribution in [2.45, 2.75) is 4.90 Å². The number of hydrogen-bond donors (Lipinski definition) is 2. The number of fused-ring (bicyclic) bond motifs is 1. The van der Waals surface area contributed by atoms with E-state index in [1.807, 2.05) is 0 Å². The van der Waals surface area contributed by atoms with Gasteiger partial charge in [-0.25, -0.2) is 22.8 Å². The van der Waals surface area contributed by atoms with Gasteiger partial charge >= 0.3 is 0 Å². The summed E-state index contributed by atoms with van der Waals surface area (Å²) in [7, 11) is -2.38. The lowest BCUT2D eigenvalue weighted by Crippen LogP contribution is -2.14. The van der Waals surface area contributed by atoms with Crippen LogP contribution >= 0.6 is 11.6 Å². The Kier molecular flexibility index (Phi) is 5.07. The van der Waals surface area contributed by atoms with Crippen molar-refractivity contribution in [3.05, 3.63) is 71.2 Å². The van der Waals surface area contributed by atoms with E-state index >= 15 is 0 Å². The highest BCUT2D eigenvalue weighted by Gasteiger charge is 2.21. The number of carbonyl (C=O) groups is 1. The molecule has 0 aliphatic heterocycles. The van der Waals surface area contributed by atoms with Gasteiger partial charge in [0.25, 0.3) is 10.0 Å². The van der Waals surface area contributed by atoms with E-state index in [9.17, 15) is 17.6 Å². The second-order valence-electron chi connectivity index (χ2n) is 6.58. The number of nitrogens with zero attached hydrogens (tertiary/aromatic N) is 4. The van der Waals surface area contributed by atoms with Crippen LogP contribution in [0.5, 0.6) is 0 Å². The second-order valence-corrected chi connectivity index (χ2v) is 8.67. The summed E-state index contributed by atoms with van der Waals surface area (Å²) in [5.41, 5.74) is 6.81. The van der Waals surface area contributed by atoms with Gasteiger partial charge in [-0.2, -0.15) is 0 Å². The maximum atomic E-state index is 13.3. The van der Waals surface area contributed by atoms with Crippen LogP contribution in [0.2, 0.25) is 5.02 Å². The number of carbonyl (C=O) groups excluding carboxylic acids is 1. The van der Waals surface area contributed by atoms with Crippen LogP contribution in [0.15, 0.2) is 54.1 Å². The molecule has 0 fully saturated rings. The van der Waals surface area contributed by atoms with Crippen LogP contribution in [0.3, 0.4) is 0 Å². The van der Waals surface area contributed by atoms with Crippen LogP contribution in [0.25, 0.3) is 11.0 Å². The number of hydrogen-bond acceptors (Lipinski definition) is 7. The smallest absolute Gasteiger partial charge is 0.261 e. The van der Waals surface area contributed by atoms with Gasteiger partial charge in [-0.3, -0.25) is 14.5 Å². The molecule has 0 aliphatic rings. The lowest BCUT2D eigenvalue weighted by Gasteiger charge is -2.09. The van der Waals surface area contributed by atoms with Gasteiger partial charge in [0, 0.05) is 25.0 Å². The van der Waals surface area contributed by atoms with E-state index in [1.165, 1.54) is 24.8 Å². The minimum atomic E-state index is -4.09. The van der Waals surface area contributed by atoms with Gasteiger partial charge in [0.05, 0.1) is 32.8 Å². The van der Waals surface area contributed by atoms with Gasteiger partial charge in [-0.1, -0.05) is 11.6 Å². The molecule has 3 aromatic heterocycles. The SMILES string of the molecule is Cn1cc(C(=O)c2cncc(NS(=O)(=O)c3ccc(F)c(Cl)c3)c2)c2c(N)ncnc21. The fourth-order valence-electron chi connectivity index (χ4n) is 3.04. The Labute approximate surface area is 180 Å². The van der Waals surface area contributed by atoms with Crippen molar-refractivity contribution in [3.63, 3.8) is 0 Å². The van der Waals surface area contributed by atoms with Crippen molar-refractivity contribution < 1.29 is 17.6 Å². The van der Waals surface area contributed by atoms with E-state index in [0.717, 1.165) is 18.2 Å². The number of nitrogens with two attached hydrogens (primary N) is 1. The van der Waals surface area contributed by atoms with Crippen LogP contribution in [0, 0.1) is 5.82 Å². The van der Waals surface area contributed by atoms with Crippen molar-refractivity contribution in [3.8, 4) is 0 Å². The average Bonchev–Trinajstić information content (AvgIpc) is 3.07. The third kappa shape index (κ3) is 3.80. The lowest BCUT2D eigenvalue weighted by atomic mass is 10.1. The van der Waals surface area contributed by atoms with E-state index in [2.05, 4.69) is 19.7 Å². The predicted molar refractivity (Wildman–Crippen MR) is 113 cm³/mol. The van der Waals surface area contributed by atoms with Crippen molar-refractivity contribution in [2.24, 2.45) is 7.05 Å². The van der Waals surface area contributed by atoms with Gasteiger partial charge in [-0.05, 0) is 24.3 Å². The quantitative estimate of drug-likeness (QED) is 0.437. The van der Waals surface area contributed by atoms with E-state index in [-0.39, 0.29) is 32.6 Å². The van der Waals surface area contributed by atoms with Crippen molar-refractivity contribution in [1.29, 1.82) is 0 Å². The molecule has 31 heavy (non-hydrogen) atoms. The summed E-state index contributed by atoms with van der Waals surface area (Å²) in [6.45, 7) is 0. The summed E-state index contributed by atoms with van der Waals surface area (Å²) in [5.74, 6) is -1.04. The van der Waals surface area contributed by atoms with Gasteiger partial charge < -0.3 is 10.3 Å². The molecular weight excluding hydrogens is 447 g/mol. The molecule has 0 unspecified atom stereocenters. The number of pyridine rings is 1. The fraction of sp³-hybridized carbons (Fsp3) is 0.0526. The zero-order chi connectivity index (χ0) is 22.3. The normalized spacial score (nSPS) is 11.6. The van der Waals surface area contributed by atoms with Crippen molar-refractivity contribution in [2.75, 3.05) is 10.5 Å². The highest BCUT2D eigenvalue weighted by atomic mass is 35.5. The minimum Gasteiger partial charge on any atom is -0.383 e. The Morgan fingerprint density at radius 2 is 2.00 bits per heavy atom. The number of benzene rings is 1. The van der Waals surface area contributed by atoms with E-state index in [4.69, 9.17) is 17.3 Å². The first kappa shape index (κ1) is 20.7. The standard InChI is InChI=1S/C19H14ClFN6O3S/c1-27-8-13(16-18(22)24-9-25-19(16)27)17(28)10-4-11(7-23-6-10)26-31(29,30)12-2-3-15(21)14(20)5-12/h2-9,26H,1H3,(H2,22,24,25). The first-order valence-corrected chi connectivity index (χ1v) is 10.6. The molecule has 0 radical (unpaired) electrons. The van der Waals surface area contributed by atoms with Gasteiger partial charge in [0.1, 0.15) is 23.6 Å². The van der Waals surface area contributed by atoms with Crippen molar-refractivity contribution >= 4 is 49.9 Å². The molecule has 0 aliphatic carbocycles. The Hall–Kier alpha value is -3.57. The van der Waals surface area contributed by atoms with Crippen LogP contribution < -0.4 is 10.5 Å². The number of aromatic nitrogens is 4. The summed E-state index contributed by atoms with van der Waals surface area (Å²) in [6, 6.07) is 4.34. The molecule has 0 bridgehead atoms. The molecule has 1 aromatic carbocycles. The first-order valence-electron chi connectivity index (χ1n) is 8.70. The molecule has 3 N–H and O–H groups in total. The van der Waals surface area contributed by atoms with E-state index in [1.54, 1.807) is 17.8 Å². The summed E-state index contributed by atoms with van der Waals surface area (Å²) in [5, 5.41) is 0.0580. The zero-order valence-electron chi connectivity index (χ0n) is 15.9. The topological polar surface area (TPSA) is 133 Å². The molecule has 0 saturated carbocycles. The maximum absolute atomic E-state index is 13.3. The largest absolute Gasteiger partial charge is 0.383 e. The molecule has 0 atom stereocenters. The molecule has 0 amide bonds. The van der Waals surface area contributed by atoms with Crippen LogP contribution in [-0.4, -0.2) is 33.7 Å². The van der Waals surface area contributed by atoms with Gasteiger partial charge in [0.2, 0.25) is 0 Å². The lowest BCUT2D eigenvalue weighted by molar-refractivity contribution is 0.103. The number of rotatable bonds is 5. The molecule has 12 heteroatoms. The van der Waals surface area contributed by atoms with E-state index in [0.29, 0.717) is 11.0 Å². The molecule has 158 valence electrons. The summed E-state index contributed by atoms with van der Waals surface area (Å²) in [4.78, 5) is 24.9. The maximum Gasteiger partial charge on any atom is 0.261 e. The molecule has 0 saturated heterocycles. The molecule has 9 nitrogen and oxygen atoms in total. The van der Waals surface area contributed by atoms with Gasteiger partial charge in [0.15, 0.2) is 5.78 Å². The Morgan fingerprint density at radius 3 is 2.74 bits per heavy atom. The number of nitrogen functional groups attached to an aromatic ring is 1. The molecule has 3 heterocycles. The molecule has 0 spiro atoms. The summed E-state index contributed by atoms with van der Waals surface area (Å²) >= 11 is 5.67. The highest BCUT2D eigenvalue weighted by molar-refractivity contribution is 7.92. The second kappa shape index (κ2) is 7.60. The summed E-state index contributed by atoms with van der Waals surface area (Å²) < 4.78 is 42.5. The molecular formula is C19H14ClFN6O3S. The first-order chi connectivity index (χ1) is 14.7. The third-order valence-corrected chi connectivity index (χ3v) is 6.15. The Bertz CT molecular complexity index is 1450. The third-order valence-electron chi connectivity index (χ3n) is 4.48. The highest BCUT2D eigenvalue weighted by Crippen LogP contribution is 2.26. The number of anilines is 2. The Balaban J connectivity index is 1.69. The van der Waals surface area contributed by atoms with Crippen molar-refractivity contribution in [1.82, 2.24) is 19.5 Å². The monoisotopic (exact) mass is 460 g/mol. The Morgan fingerprint density at radius 1 is 1.23 bits per heavy atom. The molecule has 4 rings (SSSR count). The number of halogens is 2. The zero-order valence-corrected chi connectivity index (χ0v) is 17.4. The number of aryl methyl sites for hydroxylation is 1. The minimum absolute atomic E-state index is 0.0377. The molecule has 4 aromatic rings. The number of nitrogens with one attached hydrogen (secondary N) is 1. The number of ketones is 1. The van der Waals surface area contributed by atoms with E-state index < -0.39 is 21.6 Å². The number of sulfonamides is 1. The fourth-order valence-corrected chi connectivity index (χ4v) is 4.35. The van der Waals surface area contributed by atoms with Gasteiger partial charge in [-0.15, -0.1) is 0 Å². The van der Waals surface area contributed by atoms with Crippen LogP contribution in [0.4, 0.5) is 15.9 Å².